The van der Waals surface area contributed by atoms with E-state index in [0.717, 1.165) is 19.3 Å². The molecule has 3 unspecified atom stereocenters. The summed E-state index contributed by atoms with van der Waals surface area (Å²) in [6, 6.07) is 0. The molecule has 3 heterocycles. The molecule has 3 saturated heterocycles. The molecule has 0 aromatic rings. The topological polar surface area (TPSA) is 52.6 Å². The van der Waals surface area contributed by atoms with Crippen LogP contribution in [-0.2, 0) is 19.1 Å². The highest BCUT2D eigenvalue weighted by atomic mass is 16.6. The Morgan fingerprint density at radius 3 is 2.33 bits per heavy atom. The molecule has 0 aromatic heterocycles. The molecule has 2 bridgehead atoms. The lowest BCUT2D eigenvalue weighted by molar-refractivity contribution is -0.166. The van der Waals surface area contributed by atoms with Crippen LogP contribution >= 0.6 is 0 Å². The second-order valence-electron chi connectivity index (χ2n) is 4.79. The predicted molar refractivity (Wildman–Crippen MR) is 49.8 cm³/mol. The quantitative estimate of drug-likeness (QED) is 0.479. The molecular formula is C11H14O4. The summed E-state index contributed by atoms with van der Waals surface area (Å²) in [5.41, 5.74) is 0. The number of fused-ring (bicyclic) bond motifs is 2. The van der Waals surface area contributed by atoms with Crippen LogP contribution in [0.15, 0.2) is 0 Å². The molecule has 3 rings (SSSR count). The van der Waals surface area contributed by atoms with E-state index < -0.39 is 0 Å². The molecule has 0 saturated carbocycles. The first-order valence-electron chi connectivity index (χ1n) is 5.61. The molecule has 3 fully saturated rings. The predicted octanol–water partition coefficient (Wildman–Crippen LogP) is 1.03. The summed E-state index contributed by atoms with van der Waals surface area (Å²) in [5, 5.41) is 0. The van der Waals surface area contributed by atoms with Gasteiger partial charge < -0.3 is 9.47 Å². The number of ether oxygens (including phenoxy) is 2. The van der Waals surface area contributed by atoms with Crippen molar-refractivity contribution in [1.29, 1.82) is 0 Å². The maximum absolute atomic E-state index is 11.2. The SMILES string of the molecule is O=C1CC(C2CC3CCC2O3)CC(=O)O1. The van der Waals surface area contributed by atoms with E-state index in [9.17, 15) is 9.59 Å². The number of carbonyl (C=O) groups is 2. The van der Waals surface area contributed by atoms with Crippen molar-refractivity contribution in [2.75, 3.05) is 0 Å². The Bertz CT molecular complexity index is 296. The summed E-state index contributed by atoms with van der Waals surface area (Å²) in [6.45, 7) is 0. The van der Waals surface area contributed by atoms with Crippen molar-refractivity contribution in [2.45, 2.75) is 44.3 Å². The van der Waals surface area contributed by atoms with Crippen molar-refractivity contribution in [1.82, 2.24) is 0 Å². The van der Waals surface area contributed by atoms with Gasteiger partial charge in [0.1, 0.15) is 0 Å². The van der Waals surface area contributed by atoms with Crippen LogP contribution in [0, 0.1) is 11.8 Å². The highest BCUT2D eigenvalue weighted by Gasteiger charge is 2.46. The van der Waals surface area contributed by atoms with Crippen LogP contribution < -0.4 is 0 Å². The first kappa shape index (κ1) is 9.33. The molecule has 0 amide bonds. The zero-order valence-electron chi connectivity index (χ0n) is 8.48. The van der Waals surface area contributed by atoms with Crippen LogP contribution in [0.5, 0.6) is 0 Å². The molecule has 4 nitrogen and oxygen atoms in total. The first-order valence-corrected chi connectivity index (χ1v) is 5.61. The Labute approximate surface area is 87.9 Å². The van der Waals surface area contributed by atoms with E-state index in [1.54, 1.807) is 0 Å². The van der Waals surface area contributed by atoms with Gasteiger partial charge in [0.05, 0.1) is 12.2 Å². The van der Waals surface area contributed by atoms with Gasteiger partial charge in [-0.3, -0.25) is 9.59 Å². The highest BCUT2D eigenvalue weighted by molar-refractivity contribution is 5.88. The Morgan fingerprint density at radius 1 is 1.07 bits per heavy atom. The lowest BCUT2D eigenvalue weighted by Crippen LogP contribution is -2.34. The van der Waals surface area contributed by atoms with Gasteiger partial charge in [0.25, 0.3) is 0 Å². The van der Waals surface area contributed by atoms with Crippen molar-refractivity contribution >= 4 is 11.9 Å². The van der Waals surface area contributed by atoms with Crippen LogP contribution in [0.4, 0.5) is 0 Å². The summed E-state index contributed by atoms with van der Waals surface area (Å²) in [6.07, 6.45) is 4.72. The van der Waals surface area contributed by atoms with Crippen molar-refractivity contribution in [3.63, 3.8) is 0 Å². The standard InChI is InChI=1S/C11H14O4/c12-10-3-6(4-11(13)15-10)8-5-7-1-2-9(8)14-7/h6-9H,1-5H2. The van der Waals surface area contributed by atoms with Gasteiger partial charge >= 0.3 is 11.9 Å². The monoisotopic (exact) mass is 210 g/mol. The van der Waals surface area contributed by atoms with E-state index in [1.807, 2.05) is 0 Å². The Morgan fingerprint density at radius 2 is 1.80 bits per heavy atom. The normalized spacial score (nSPS) is 40.9. The van der Waals surface area contributed by atoms with Gasteiger partial charge in [-0.2, -0.15) is 0 Å². The number of carbonyl (C=O) groups excluding carboxylic acids is 2. The summed E-state index contributed by atoms with van der Waals surface area (Å²) in [4.78, 5) is 22.3. The lowest BCUT2D eigenvalue weighted by Gasteiger charge is -2.29. The van der Waals surface area contributed by atoms with Gasteiger partial charge in [-0.25, -0.2) is 0 Å². The number of esters is 2. The van der Waals surface area contributed by atoms with E-state index in [2.05, 4.69) is 4.74 Å². The third kappa shape index (κ3) is 1.57. The van der Waals surface area contributed by atoms with Crippen LogP contribution in [0.1, 0.15) is 32.1 Å². The molecular weight excluding hydrogens is 196 g/mol. The number of hydrogen-bond acceptors (Lipinski definition) is 4. The number of hydrogen-bond donors (Lipinski definition) is 0. The second kappa shape index (κ2) is 3.30. The van der Waals surface area contributed by atoms with Gasteiger partial charge in [-0.1, -0.05) is 0 Å². The van der Waals surface area contributed by atoms with Crippen molar-refractivity contribution in [2.24, 2.45) is 11.8 Å². The Hall–Kier alpha value is -0.900. The second-order valence-corrected chi connectivity index (χ2v) is 4.79. The van der Waals surface area contributed by atoms with E-state index in [4.69, 9.17) is 4.74 Å². The largest absolute Gasteiger partial charge is 0.393 e. The molecule has 3 aliphatic rings. The summed E-state index contributed by atoms with van der Waals surface area (Å²) >= 11 is 0. The third-order valence-corrected chi connectivity index (χ3v) is 3.84. The molecule has 15 heavy (non-hydrogen) atoms. The zero-order chi connectivity index (χ0) is 10.4. The van der Waals surface area contributed by atoms with Crippen molar-refractivity contribution < 1.29 is 19.1 Å². The van der Waals surface area contributed by atoms with E-state index in [1.165, 1.54) is 0 Å². The smallest absolute Gasteiger partial charge is 0.313 e. The Kier molecular flexibility index (Phi) is 2.06. The van der Waals surface area contributed by atoms with Crippen molar-refractivity contribution in [3.8, 4) is 0 Å². The zero-order valence-corrected chi connectivity index (χ0v) is 8.48. The molecule has 0 radical (unpaired) electrons. The van der Waals surface area contributed by atoms with Gasteiger partial charge in [-0.15, -0.1) is 0 Å². The first-order chi connectivity index (χ1) is 7.22. The van der Waals surface area contributed by atoms with Crippen LogP contribution in [-0.4, -0.2) is 24.1 Å². The fourth-order valence-corrected chi connectivity index (χ4v) is 3.19. The maximum Gasteiger partial charge on any atom is 0.313 e. The summed E-state index contributed by atoms with van der Waals surface area (Å²) in [5.74, 6) is -0.160. The van der Waals surface area contributed by atoms with E-state index in [0.29, 0.717) is 31.0 Å². The van der Waals surface area contributed by atoms with Crippen LogP contribution in [0.3, 0.4) is 0 Å². The number of rotatable bonds is 1. The fourth-order valence-electron chi connectivity index (χ4n) is 3.19. The van der Waals surface area contributed by atoms with Gasteiger partial charge in [0.15, 0.2) is 0 Å². The molecule has 4 heteroatoms. The van der Waals surface area contributed by atoms with Gasteiger partial charge in [-0.05, 0) is 31.1 Å². The minimum Gasteiger partial charge on any atom is -0.393 e. The molecule has 3 aliphatic heterocycles. The summed E-state index contributed by atoms with van der Waals surface area (Å²) < 4.78 is 10.3. The highest BCUT2D eigenvalue weighted by Crippen LogP contribution is 2.45. The average molecular weight is 210 g/mol. The molecule has 82 valence electrons. The molecule has 0 N–H and O–H groups in total. The molecule has 0 aromatic carbocycles. The maximum atomic E-state index is 11.2. The van der Waals surface area contributed by atoms with Gasteiger partial charge in [0.2, 0.25) is 0 Å². The number of cyclic esters (lactones) is 2. The lowest BCUT2D eigenvalue weighted by atomic mass is 9.76. The van der Waals surface area contributed by atoms with Crippen LogP contribution in [0.25, 0.3) is 0 Å². The minimum absolute atomic E-state index is 0.161. The third-order valence-electron chi connectivity index (χ3n) is 3.84. The molecule has 3 atom stereocenters. The molecule has 0 spiro atoms. The minimum atomic E-state index is -0.362. The van der Waals surface area contributed by atoms with E-state index >= 15 is 0 Å². The van der Waals surface area contributed by atoms with Crippen LogP contribution in [0.2, 0.25) is 0 Å². The van der Waals surface area contributed by atoms with Crippen molar-refractivity contribution in [3.05, 3.63) is 0 Å². The molecule has 0 aliphatic carbocycles. The summed E-state index contributed by atoms with van der Waals surface area (Å²) in [7, 11) is 0. The average Bonchev–Trinajstić information content (AvgIpc) is 2.76. The fraction of sp³-hybridized carbons (Fsp3) is 0.818. The Balaban J connectivity index is 1.71. The van der Waals surface area contributed by atoms with E-state index in [-0.39, 0.29) is 17.9 Å². The van der Waals surface area contributed by atoms with Gasteiger partial charge in [0, 0.05) is 12.8 Å².